The third-order valence-corrected chi connectivity index (χ3v) is 3.56. The standard InChI is InChI=1S/C14H16N2O.ClH/c17-14-12(10-5-7-15-8-6-10)9-11-3-1-2-4-13(11)16-14;/h1-4,9-10,15H,5-8H2,(H,16,17);1H. The summed E-state index contributed by atoms with van der Waals surface area (Å²) in [7, 11) is 0. The van der Waals surface area contributed by atoms with Crippen molar-refractivity contribution in [3.63, 3.8) is 0 Å². The molecule has 1 aliphatic rings. The summed E-state index contributed by atoms with van der Waals surface area (Å²) in [5.74, 6) is 0.407. The molecular weight excluding hydrogens is 248 g/mol. The number of para-hydroxylation sites is 1. The number of fused-ring (bicyclic) bond motifs is 1. The van der Waals surface area contributed by atoms with Gasteiger partial charge >= 0.3 is 0 Å². The number of H-pyrrole nitrogens is 1. The van der Waals surface area contributed by atoms with E-state index in [9.17, 15) is 4.79 Å². The van der Waals surface area contributed by atoms with Gasteiger partial charge in [0.25, 0.3) is 5.56 Å². The second-order valence-corrected chi connectivity index (χ2v) is 4.67. The first-order chi connectivity index (χ1) is 8.34. The topological polar surface area (TPSA) is 44.9 Å². The minimum atomic E-state index is 0. The number of piperidine rings is 1. The number of hydrogen-bond acceptors (Lipinski definition) is 2. The fourth-order valence-electron chi connectivity index (χ4n) is 2.60. The third kappa shape index (κ3) is 2.42. The maximum Gasteiger partial charge on any atom is 0.251 e. The molecule has 1 aliphatic heterocycles. The van der Waals surface area contributed by atoms with Gasteiger partial charge in [-0.15, -0.1) is 12.4 Å². The summed E-state index contributed by atoms with van der Waals surface area (Å²) in [6, 6.07) is 10.0. The highest BCUT2D eigenvalue weighted by Crippen LogP contribution is 2.24. The van der Waals surface area contributed by atoms with E-state index in [1.165, 1.54) is 0 Å². The average molecular weight is 265 g/mol. The molecule has 2 heterocycles. The van der Waals surface area contributed by atoms with E-state index < -0.39 is 0 Å². The zero-order valence-electron chi connectivity index (χ0n) is 10.1. The van der Waals surface area contributed by atoms with Crippen LogP contribution in [-0.2, 0) is 0 Å². The zero-order valence-corrected chi connectivity index (χ0v) is 10.9. The minimum Gasteiger partial charge on any atom is -0.322 e. The Morgan fingerprint density at radius 3 is 2.61 bits per heavy atom. The van der Waals surface area contributed by atoms with Crippen molar-refractivity contribution in [1.29, 1.82) is 0 Å². The number of pyridine rings is 1. The highest BCUT2D eigenvalue weighted by atomic mass is 35.5. The van der Waals surface area contributed by atoms with Crippen molar-refractivity contribution in [2.45, 2.75) is 18.8 Å². The Labute approximate surface area is 112 Å². The van der Waals surface area contributed by atoms with Gasteiger partial charge < -0.3 is 10.3 Å². The molecule has 0 aliphatic carbocycles. The Kier molecular flexibility index (Phi) is 4.04. The molecule has 0 bridgehead atoms. The van der Waals surface area contributed by atoms with Gasteiger partial charge in [0.05, 0.1) is 0 Å². The molecule has 0 spiro atoms. The molecule has 4 heteroatoms. The number of aromatic nitrogens is 1. The molecule has 18 heavy (non-hydrogen) atoms. The van der Waals surface area contributed by atoms with Crippen molar-refractivity contribution in [3.05, 3.63) is 46.2 Å². The van der Waals surface area contributed by atoms with Crippen molar-refractivity contribution in [2.75, 3.05) is 13.1 Å². The highest BCUT2D eigenvalue weighted by molar-refractivity contribution is 5.85. The predicted molar refractivity (Wildman–Crippen MR) is 76.7 cm³/mol. The number of aromatic amines is 1. The summed E-state index contributed by atoms with van der Waals surface area (Å²) >= 11 is 0. The molecule has 96 valence electrons. The zero-order chi connectivity index (χ0) is 11.7. The van der Waals surface area contributed by atoms with Gasteiger partial charge in [-0.25, -0.2) is 0 Å². The van der Waals surface area contributed by atoms with Gasteiger partial charge in [-0.2, -0.15) is 0 Å². The average Bonchev–Trinajstić information content (AvgIpc) is 2.39. The van der Waals surface area contributed by atoms with Crippen LogP contribution in [0.5, 0.6) is 0 Å². The molecule has 1 fully saturated rings. The molecule has 1 aromatic carbocycles. The first-order valence-electron chi connectivity index (χ1n) is 6.17. The molecule has 0 atom stereocenters. The van der Waals surface area contributed by atoms with E-state index in [-0.39, 0.29) is 18.0 Å². The van der Waals surface area contributed by atoms with Crippen LogP contribution in [0.2, 0.25) is 0 Å². The van der Waals surface area contributed by atoms with E-state index in [0.29, 0.717) is 5.92 Å². The summed E-state index contributed by atoms with van der Waals surface area (Å²) in [6.45, 7) is 2.02. The van der Waals surface area contributed by atoms with Crippen LogP contribution < -0.4 is 10.9 Å². The van der Waals surface area contributed by atoms with E-state index in [0.717, 1.165) is 42.4 Å². The molecule has 2 N–H and O–H groups in total. The van der Waals surface area contributed by atoms with Crippen molar-refractivity contribution in [3.8, 4) is 0 Å². The Bertz CT molecular complexity index is 588. The largest absolute Gasteiger partial charge is 0.322 e. The van der Waals surface area contributed by atoms with Crippen LogP contribution in [-0.4, -0.2) is 18.1 Å². The van der Waals surface area contributed by atoms with E-state index in [1.54, 1.807) is 0 Å². The lowest BCUT2D eigenvalue weighted by Crippen LogP contribution is -2.29. The third-order valence-electron chi connectivity index (χ3n) is 3.56. The van der Waals surface area contributed by atoms with Crippen LogP contribution in [0.3, 0.4) is 0 Å². The Hall–Kier alpha value is -1.32. The smallest absolute Gasteiger partial charge is 0.251 e. The molecule has 3 nitrogen and oxygen atoms in total. The fraction of sp³-hybridized carbons (Fsp3) is 0.357. The molecule has 0 saturated carbocycles. The van der Waals surface area contributed by atoms with Crippen molar-refractivity contribution < 1.29 is 0 Å². The van der Waals surface area contributed by atoms with Crippen LogP contribution in [0.4, 0.5) is 0 Å². The van der Waals surface area contributed by atoms with E-state index in [1.807, 2.05) is 18.2 Å². The van der Waals surface area contributed by atoms with Gasteiger partial charge in [-0.1, -0.05) is 18.2 Å². The van der Waals surface area contributed by atoms with Gasteiger partial charge in [-0.3, -0.25) is 4.79 Å². The van der Waals surface area contributed by atoms with Gasteiger partial charge in [0, 0.05) is 11.1 Å². The normalized spacial score (nSPS) is 16.4. The quantitative estimate of drug-likeness (QED) is 0.831. The van der Waals surface area contributed by atoms with Crippen LogP contribution in [0.15, 0.2) is 35.1 Å². The number of hydrogen-bond donors (Lipinski definition) is 2. The first kappa shape index (κ1) is 13.1. The molecule has 2 aromatic rings. The minimum absolute atomic E-state index is 0. The summed E-state index contributed by atoms with van der Waals surface area (Å²) in [5, 5.41) is 4.45. The van der Waals surface area contributed by atoms with Gasteiger partial charge in [0.2, 0.25) is 0 Å². The molecule has 1 saturated heterocycles. The highest BCUT2D eigenvalue weighted by Gasteiger charge is 2.18. The van der Waals surface area contributed by atoms with Crippen LogP contribution >= 0.6 is 12.4 Å². The lowest BCUT2D eigenvalue weighted by molar-refractivity contribution is 0.458. The molecular formula is C14H17ClN2O. The second kappa shape index (κ2) is 5.55. The monoisotopic (exact) mass is 264 g/mol. The molecule has 1 aromatic heterocycles. The molecule has 3 rings (SSSR count). The summed E-state index contributed by atoms with van der Waals surface area (Å²) < 4.78 is 0. The Balaban J connectivity index is 0.00000120. The SMILES string of the molecule is Cl.O=c1[nH]c2ccccc2cc1C1CCNCC1. The van der Waals surface area contributed by atoms with Crippen LogP contribution in [0, 0.1) is 0 Å². The van der Waals surface area contributed by atoms with Crippen molar-refractivity contribution in [1.82, 2.24) is 10.3 Å². The fourth-order valence-corrected chi connectivity index (χ4v) is 2.60. The van der Waals surface area contributed by atoms with E-state index in [4.69, 9.17) is 0 Å². The Morgan fingerprint density at radius 1 is 1.11 bits per heavy atom. The predicted octanol–water partition coefficient (Wildman–Crippen LogP) is 2.42. The summed E-state index contributed by atoms with van der Waals surface area (Å²) in [5.41, 5.74) is 1.95. The van der Waals surface area contributed by atoms with Gasteiger partial charge in [0.1, 0.15) is 0 Å². The van der Waals surface area contributed by atoms with Gasteiger partial charge in [-0.05, 0) is 49.4 Å². The maximum atomic E-state index is 12.1. The lowest BCUT2D eigenvalue weighted by atomic mass is 9.90. The summed E-state index contributed by atoms with van der Waals surface area (Å²) in [6.07, 6.45) is 2.11. The second-order valence-electron chi connectivity index (χ2n) is 4.67. The van der Waals surface area contributed by atoms with Gasteiger partial charge in [0.15, 0.2) is 0 Å². The van der Waals surface area contributed by atoms with E-state index in [2.05, 4.69) is 22.4 Å². The molecule has 0 radical (unpaired) electrons. The summed E-state index contributed by atoms with van der Waals surface area (Å²) in [4.78, 5) is 15.0. The lowest BCUT2D eigenvalue weighted by Gasteiger charge is -2.22. The number of nitrogens with one attached hydrogen (secondary N) is 2. The van der Waals surface area contributed by atoms with Crippen molar-refractivity contribution in [2.24, 2.45) is 0 Å². The number of rotatable bonds is 1. The number of halogens is 1. The first-order valence-corrected chi connectivity index (χ1v) is 6.17. The number of benzene rings is 1. The van der Waals surface area contributed by atoms with Crippen LogP contribution in [0.1, 0.15) is 24.3 Å². The van der Waals surface area contributed by atoms with Crippen LogP contribution in [0.25, 0.3) is 10.9 Å². The van der Waals surface area contributed by atoms with E-state index >= 15 is 0 Å². The molecule has 0 amide bonds. The molecule has 0 unspecified atom stereocenters. The Morgan fingerprint density at radius 2 is 1.83 bits per heavy atom. The van der Waals surface area contributed by atoms with Crippen molar-refractivity contribution >= 4 is 23.3 Å². The maximum absolute atomic E-state index is 12.1.